The summed E-state index contributed by atoms with van der Waals surface area (Å²) in [6.45, 7) is 1.82. The smallest absolute Gasteiger partial charge is 0.338 e. The molecule has 3 aromatic rings. The summed E-state index contributed by atoms with van der Waals surface area (Å²) < 4.78 is 10.4. The number of furan rings is 1. The minimum absolute atomic E-state index is 0.113. The van der Waals surface area contributed by atoms with Crippen LogP contribution >= 0.6 is 11.6 Å². The average Bonchev–Trinajstić information content (AvgIpc) is 3.33. The van der Waals surface area contributed by atoms with Gasteiger partial charge in [0.15, 0.2) is 0 Å². The number of hydrogen-bond donors (Lipinski definition) is 3. The fraction of sp³-hybridized carbons (Fsp3) is 0.115. The third-order valence-corrected chi connectivity index (χ3v) is 4.94. The SMILES string of the molecule is CCOC(=O)c1ccc(NC(=O)C(=O)NCc2ccc(/C=C(/C#N)C(=O)Nc3cccc(Cl)c3)o2)cc1. The Bertz CT molecular complexity index is 1390. The predicted molar refractivity (Wildman–Crippen MR) is 135 cm³/mol. The summed E-state index contributed by atoms with van der Waals surface area (Å²) >= 11 is 5.90. The minimum atomic E-state index is -0.917. The Kier molecular flexibility index (Phi) is 9.18. The number of benzene rings is 2. The number of nitrogens with zero attached hydrogens (tertiary/aromatic N) is 1. The first-order chi connectivity index (χ1) is 17.8. The molecule has 0 aliphatic heterocycles. The number of carbonyl (C=O) groups excluding carboxylic acids is 4. The Morgan fingerprint density at radius 1 is 0.973 bits per heavy atom. The van der Waals surface area contributed by atoms with E-state index in [0.717, 1.165) is 0 Å². The summed E-state index contributed by atoms with van der Waals surface area (Å²) in [6.07, 6.45) is 1.25. The van der Waals surface area contributed by atoms with Crippen LogP contribution in [0.5, 0.6) is 0 Å². The van der Waals surface area contributed by atoms with Crippen molar-refractivity contribution >= 4 is 52.7 Å². The van der Waals surface area contributed by atoms with Gasteiger partial charge in [0.25, 0.3) is 5.91 Å². The third kappa shape index (κ3) is 7.81. The second-order valence-electron chi connectivity index (χ2n) is 7.37. The molecule has 0 aliphatic carbocycles. The molecule has 10 nitrogen and oxygen atoms in total. The minimum Gasteiger partial charge on any atom is -0.462 e. The van der Waals surface area contributed by atoms with Gasteiger partial charge in [-0.25, -0.2) is 4.79 Å². The molecule has 188 valence electrons. The molecule has 37 heavy (non-hydrogen) atoms. The van der Waals surface area contributed by atoms with Crippen LogP contribution in [0, 0.1) is 11.3 Å². The zero-order valence-corrected chi connectivity index (χ0v) is 20.3. The lowest BCUT2D eigenvalue weighted by Gasteiger charge is -2.07. The number of nitrogens with one attached hydrogen (secondary N) is 3. The van der Waals surface area contributed by atoms with E-state index in [0.29, 0.717) is 27.7 Å². The maximum Gasteiger partial charge on any atom is 0.338 e. The second kappa shape index (κ2) is 12.7. The van der Waals surface area contributed by atoms with Gasteiger partial charge in [0.05, 0.1) is 18.7 Å². The van der Waals surface area contributed by atoms with Gasteiger partial charge in [0.2, 0.25) is 0 Å². The summed E-state index contributed by atoms with van der Waals surface area (Å²) in [6, 6.07) is 17.2. The summed E-state index contributed by atoms with van der Waals surface area (Å²) in [5, 5.41) is 17.2. The molecule has 0 saturated carbocycles. The molecule has 0 spiro atoms. The Morgan fingerprint density at radius 2 is 1.70 bits per heavy atom. The van der Waals surface area contributed by atoms with Crippen molar-refractivity contribution in [2.75, 3.05) is 17.2 Å². The first kappa shape index (κ1) is 26.7. The van der Waals surface area contributed by atoms with Crippen molar-refractivity contribution in [2.45, 2.75) is 13.5 Å². The topological polar surface area (TPSA) is 151 Å². The van der Waals surface area contributed by atoms with Crippen molar-refractivity contribution < 1.29 is 28.3 Å². The van der Waals surface area contributed by atoms with Gasteiger partial charge < -0.3 is 25.1 Å². The van der Waals surface area contributed by atoms with Gasteiger partial charge in [-0.1, -0.05) is 17.7 Å². The Hall–Kier alpha value is -4.88. The standard InChI is InChI=1S/C26H21ClN4O6/c1-2-36-26(35)16-6-8-19(9-7-16)30-25(34)24(33)29-15-22-11-10-21(37-22)12-17(14-28)23(32)31-20-5-3-4-18(27)13-20/h3-13H,2,15H2,1H3,(H,29,33)(H,30,34)(H,31,32)/b17-12-. The van der Waals surface area contributed by atoms with E-state index in [2.05, 4.69) is 16.0 Å². The maximum atomic E-state index is 12.4. The van der Waals surface area contributed by atoms with Crippen LogP contribution in [-0.2, 0) is 25.7 Å². The van der Waals surface area contributed by atoms with E-state index in [4.69, 9.17) is 20.8 Å². The summed E-state index contributed by atoms with van der Waals surface area (Å²) in [5.74, 6) is -2.48. The van der Waals surface area contributed by atoms with Crippen molar-refractivity contribution in [3.63, 3.8) is 0 Å². The number of anilines is 2. The molecule has 11 heteroatoms. The van der Waals surface area contributed by atoms with Crippen LogP contribution < -0.4 is 16.0 Å². The molecule has 0 aliphatic rings. The zero-order chi connectivity index (χ0) is 26.8. The van der Waals surface area contributed by atoms with Crippen LogP contribution in [0.25, 0.3) is 6.08 Å². The molecule has 0 bridgehead atoms. The Labute approximate surface area is 216 Å². The first-order valence-electron chi connectivity index (χ1n) is 10.9. The molecule has 0 fully saturated rings. The molecule has 3 rings (SSSR count). The van der Waals surface area contributed by atoms with Crippen LogP contribution in [0.3, 0.4) is 0 Å². The molecule has 3 amide bonds. The first-order valence-corrected chi connectivity index (χ1v) is 11.3. The fourth-order valence-electron chi connectivity index (χ4n) is 2.96. The molecule has 2 aromatic carbocycles. The molecule has 0 saturated heterocycles. The van der Waals surface area contributed by atoms with Crippen LogP contribution in [0.15, 0.2) is 70.7 Å². The van der Waals surface area contributed by atoms with Gasteiger partial charge in [-0.05, 0) is 61.5 Å². The predicted octanol–water partition coefficient (Wildman–Crippen LogP) is 3.91. The van der Waals surface area contributed by atoms with E-state index in [1.807, 2.05) is 0 Å². The van der Waals surface area contributed by atoms with Gasteiger partial charge in [-0.2, -0.15) is 5.26 Å². The molecule has 3 N–H and O–H groups in total. The number of amides is 3. The highest BCUT2D eigenvalue weighted by atomic mass is 35.5. The van der Waals surface area contributed by atoms with Gasteiger partial charge in [0.1, 0.15) is 23.2 Å². The van der Waals surface area contributed by atoms with Gasteiger partial charge in [0, 0.05) is 22.5 Å². The maximum absolute atomic E-state index is 12.4. The number of hydrogen-bond acceptors (Lipinski definition) is 7. The van der Waals surface area contributed by atoms with E-state index < -0.39 is 23.7 Å². The van der Waals surface area contributed by atoms with E-state index in [-0.39, 0.29) is 24.5 Å². The lowest BCUT2D eigenvalue weighted by molar-refractivity contribution is -0.136. The lowest BCUT2D eigenvalue weighted by atomic mass is 10.2. The number of nitriles is 1. The summed E-state index contributed by atoms with van der Waals surface area (Å²) in [5.41, 5.74) is 0.847. The number of esters is 1. The lowest BCUT2D eigenvalue weighted by Crippen LogP contribution is -2.34. The van der Waals surface area contributed by atoms with Crippen molar-refractivity contribution in [3.8, 4) is 6.07 Å². The number of halogens is 1. The van der Waals surface area contributed by atoms with Crippen molar-refractivity contribution in [2.24, 2.45) is 0 Å². The van der Waals surface area contributed by atoms with Crippen LogP contribution in [0.4, 0.5) is 11.4 Å². The number of rotatable bonds is 8. The fourth-order valence-corrected chi connectivity index (χ4v) is 3.15. The number of carbonyl (C=O) groups is 4. The van der Waals surface area contributed by atoms with Crippen LogP contribution in [-0.4, -0.2) is 30.3 Å². The monoisotopic (exact) mass is 520 g/mol. The van der Waals surface area contributed by atoms with E-state index >= 15 is 0 Å². The molecule has 0 unspecified atom stereocenters. The average molecular weight is 521 g/mol. The van der Waals surface area contributed by atoms with Crippen molar-refractivity contribution in [1.29, 1.82) is 5.26 Å². The van der Waals surface area contributed by atoms with Crippen molar-refractivity contribution in [1.82, 2.24) is 5.32 Å². The summed E-state index contributed by atoms with van der Waals surface area (Å²) in [4.78, 5) is 48.3. The molecular formula is C26H21ClN4O6. The molecule has 1 heterocycles. The van der Waals surface area contributed by atoms with Gasteiger partial charge >= 0.3 is 17.8 Å². The van der Waals surface area contributed by atoms with Crippen LogP contribution in [0.2, 0.25) is 5.02 Å². The molecule has 1 aromatic heterocycles. The second-order valence-corrected chi connectivity index (χ2v) is 7.81. The molecular weight excluding hydrogens is 500 g/mol. The third-order valence-electron chi connectivity index (χ3n) is 4.70. The number of ether oxygens (including phenoxy) is 1. The quantitative estimate of drug-likeness (QED) is 0.176. The van der Waals surface area contributed by atoms with Gasteiger partial charge in [-0.3, -0.25) is 14.4 Å². The largest absolute Gasteiger partial charge is 0.462 e. The van der Waals surface area contributed by atoms with E-state index in [1.165, 1.54) is 48.5 Å². The normalized spacial score (nSPS) is 10.7. The highest BCUT2D eigenvalue weighted by Crippen LogP contribution is 2.17. The highest BCUT2D eigenvalue weighted by molar-refractivity contribution is 6.39. The zero-order valence-electron chi connectivity index (χ0n) is 19.5. The molecule has 0 radical (unpaired) electrons. The van der Waals surface area contributed by atoms with Gasteiger partial charge in [-0.15, -0.1) is 0 Å². The van der Waals surface area contributed by atoms with Crippen LogP contribution in [0.1, 0.15) is 28.8 Å². The van der Waals surface area contributed by atoms with E-state index in [9.17, 15) is 24.4 Å². The highest BCUT2D eigenvalue weighted by Gasteiger charge is 2.16. The molecule has 0 atom stereocenters. The van der Waals surface area contributed by atoms with Crippen molar-refractivity contribution in [3.05, 3.63) is 88.3 Å². The summed E-state index contributed by atoms with van der Waals surface area (Å²) in [7, 11) is 0. The Balaban J connectivity index is 1.53. The Morgan fingerprint density at radius 3 is 2.38 bits per heavy atom. The van der Waals surface area contributed by atoms with E-state index in [1.54, 1.807) is 31.2 Å².